The Morgan fingerprint density at radius 1 is 1.43 bits per heavy atom. The van der Waals surface area contributed by atoms with E-state index in [2.05, 4.69) is 15.3 Å². The summed E-state index contributed by atoms with van der Waals surface area (Å²) >= 11 is 0. The van der Waals surface area contributed by atoms with Crippen molar-refractivity contribution in [2.75, 3.05) is 19.0 Å². The summed E-state index contributed by atoms with van der Waals surface area (Å²) in [5.41, 5.74) is -0.476. The van der Waals surface area contributed by atoms with Crippen molar-refractivity contribution < 1.29 is 14.1 Å². The highest BCUT2D eigenvalue weighted by Crippen LogP contribution is 2.36. The molecule has 0 aliphatic heterocycles. The second-order valence-electron chi connectivity index (χ2n) is 4.03. The molecule has 2 rings (SSSR count). The van der Waals surface area contributed by atoms with Crippen molar-refractivity contribution in [2.45, 2.75) is 6.92 Å². The molecular formula is C13H13FN4O3. The molecule has 1 N–H and O–H groups in total. The lowest BCUT2D eigenvalue weighted by Crippen LogP contribution is -2.06. The highest BCUT2D eigenvalue weighted by atomic mass is 19.1. The highest BCUT2D eigenvalue weighted by molar-refractivity contribution is 5.77. The van der Waals surface area contributed by atoms with Gasteiger partial charge in [0.2, 0.25) is 5.82 Å². The van der Waals surface area contributed by atoms with Gasteiger partial charge in [-0.3, -0.25) is 10.1 Å². The quantitative estimate of drug-likeness (QED) is 0.673. The van der Waals surface area contributed by atoms with Crippen molar-refractivity contribution in [3.05, 3.63) is 40.5 Å². The van der Waals surface area contributed by atoms with Gasteiger partial charge < -0.3 is 10.1 Å². The third-order valence-electron chi connectivity index (χ3n) is 2.79. The number of nitrogens with zero attached hydrogens (tertiary/aromatic N) is 3. The summed E-state index contributed by atoms with van der Waals surface area (Å²) in [4.78, 5) is 18.3. The lowest BCUT2D eigenvalue weighted by atomic mass is 10.1. The van der Waals surface area contributed by atoms with Crippen molar-refractivity contribution >= 4 is 11.5 Å². The van der Waals surface area contributed by atoms with Crippen LogP contribution in [-0.2, 0) is 0 Å². The zero-order chi connectivity index (χ0) is 15.4. The van der Waals surface area contributed by atoms with Gasteiger partial charge in [0.15, 0.2) is 17.3 Å². The first-order valence-electron chi connectivity index (χ1n) is 6.16. The van der Waals surface area contributed by atoms with Crippen LogP contribution in [0.5, 0.6) is 5.75 Å². The van der Waals surface area contributed by atoms with Crippen molar-refractivity contribution in [1.82, 2.24) is 9.97 Å². The van der Waals surface area contributed by atoms with Crippen LogP contribution in [0.2, 0.25) is 0 Å². The normalized spacial score (nSPS) is 10.2. The molecule has 0 amide bonds. The van der Waals surface area contributed by atoms with Crippen LogP contribution in [0.4, 0.5) is 15.9 Å². The van der Waals surface area contributed by atoms with Crippen molar-refractivity contribution in [1.29, 1.82) is 0 Å². The van der Waals surface area contributed by atoms with E-state index in [0.29, 0.717) is 6.54 Å². The van der Waals surface area contributed by atoms with Crippen LogP contribution in [0.15, 0.2) is 24.5 Å². The number of hydrogen-bond acceptors (Lipinski definition) is 6. The zero-order valence-corrected chi connectivity index (χ0v) is 11.5. The molecule has 0 saturated heterocycles. The Morgan fingerprint density at radius 3 is 2.81 bits per heavy atom. The Labute approximate surface area is 120 Å². The number of anilines is 1. The molecule has 0 fully saturated rings. The molecule has 0 atom stereocenters. The van der Waals surface area contributed by atoms with E-state index in [4.69, 9.17) is 4.74 Å². The van der Waals surface area contributed by atoms with E-state index in [1.165, 1.54) is 25.3 Å². The Bertz CT molecular complexity index is 678. The predicted octanol–water partition coefficient (Wildman–Crippen LogP) is 2.63. The summed E-state index contributed by atoms with van der Waals surface area (Å²) in [6.45, 7) is 2.22. The molecule has 1 aromatic heterocycles. The van der Waals surface area contributed by atoms with Gasteiger partial charge in [-0.1, -0.05) is 6.07 Å². The van der Waals surface area contributed by atoms with E-state index < -0.39 is 10.7 Å². The predicted molar refractivity (Wildman–Crippen MR) is 74.8 cm³/mol. The average molecular weight is 292 g/mol. The van der Waals surface area contributed by atoms with Gasteiger partial charge >= 0.3 is 5.69 Å². The van der Waals surface area contributed by atoms with E-state index in [0.717, 1.165) is 6.33 Å². The van der Waals surface area contributed by atoms with Crippen LogP contribution in [-0.4, -0.2) is 28.5 Å². The Kier molecular flexibility index (Phi) is 4.27. The molecule has 0 spiro atoms. The molecule has 0 saturated carbocycles. The van der Waals surface area contributed by atoms with Gasteiger partial charge in [0.25, 0.3) is 0 Å². The molecule has 0 aliphatic rings. The number of nitro groups is 1. The largest absolute Gasteiger partial charge is 0.494 e. The summed E-state index contributed by atoms with van der Waals surface area (Å²) < 4.78 is 19.2. The zero-order valence-electron chi connectivity index (χ0n) is 11.5. The minimum Gasteiger partial charge on any atom is -0.494 e. The Hall–Kier alpha value is -2.77. The number of methoxy groups -OCH3 is 1. The Balaban J connectivity index is 2.69. The van der Waals surface area contributed by atoms with Crippen LogP contribution in [0.25, 0.3) is 11.3 Å². The monoisotopic (exact) mass is 292 g/mol. The number of nitrogens with one attached hydrogen (secondary N) is 1. The third-order valence-corrected chi connectivity index (χ3v) is 2.79. The van der Waals surface area contributed by atoms with Gasteiger partial charge in [-0.2, -0.15) is 0 Å². The molecule has 21 heavy (non-hydrogen) atoms. The molecule has 8 heteroatoms. The fraction of sp³-hybridized carbons (Fsp3) is 0.231. The summed E-state index contributed by atoms with van der Waals surface area (Å²) in [7, 11) is 1.32. The second-order valence-corrected chi connectivity index (χ2v) is 4.03. The smallest absolute Gasteiger partial charge is 0.337 e. The number of halogens is 1. The maximum atomic E-state index is 14.3. The molecular weight excluding hydrogens is 279 g/mol. The molecule has 0 aliphatic carbocycles. The average Bonchev–Trinajstić information content (AvgIpc) is 2.47. The minimum absolute atomic E-state index is 0.00888. The summed E-state index contributed by atoms with van der Waals surface area (Å²) in [6.07, 6.45) is 1.15. The minimum atomic E-state index is -0.704. The molecule has 0 radical (unpaired) electrons. The van der Waals surface area contributed by atoms with Gasteiger partial charge in [0.1, 0.15) is 6.33 Å². The van der Waals surface area contributed by atoms with E-state index in [1.807, 2.05) is 0 Å². The lowest BCUT2D eigenvalue weighted by Gasteiger charge is -2.09. The second kappa shape index (κ2) is 6.12. The number of hydrogen-bond donors (Lipinski definition) is 1. The lowest BCUT2D eigenvalue weighted by molar-refractivity contribution is -0.383. The highest BCUT2D eigenvalue weighted by Gasteiger charge is 2.26. The fourth-order valence-corrected chi connectivity index (χ4v) is 1.90. The Morgan fingerprint density at radius 2 is 2.19 bits per heavy atom. The molecule has 2 aromatic rings. The van der Waals surface area contributed by atoms with Crippen LogP contribution in [0.3, 0.4) is 0 Å². The maximum Gasteiger partial charge on any atom is 0.337 e. The third kappa shape index (κ3) is 2.73. The van der Waals surface area contributed by atoms with Crippen LogP contribution in [0.1, 0.15) is 6.92 Å². The summed E-state index contributed by atoms with van der Waals surface area (Å²) in [5.74, 6) is -0.663. The van der Waals surface area contributed by atoms with Crippen molar-refractivity contribution in [3.63, 3.8) is 0 Å². The van der Waals surface area contributed by atoms with Crippen molar-refractivity contribution in [3.8, 4) is 17.0 Å². The SMILES string of the molecule is CCNc1ncnc(-c2cccc(OC)c2F)c1[N+](=O)[O-]. The summed E-state index contributed by atoms with van der Waals surface area (Å²) in [6, 6.07) is 4.37. The molecule has 1 heterocycles. The number of ether oxygens (including phenoxy) is 1. The summed E-state index contributed by atoms with van der Waals surface area (Å²) in [5, 5.41) is 14.1. The van der Waals surface area contributed by atoms with Gasteiger partial charge in [0.05, 0.1) is 12.0 Å². The first kappa shape index (κ1) is 14.6. The van der Waals surface area contributed by atoms with E-state index >= 15 is 0 Å². The van der Waals surface area contributed by atoms with E-state index in [9.17, 15) is 14.5 Å². The molecule has 110 valence electrons. The van der Waals surface area contributed by atoms with E-state index in [-0.39, 0.29) is 28.5 Å². The van der Waals surface area contributed by atoms with Crippen LogP contribution >= 0.6 is 0 Å². The van der Waals surface area contributed by atoms with Gasteiger partial charge in [-0.15, -0.1) is 0 Å². The maximum absolute atomic E-state index is 14.3. The molecule has 0 unspecified atom stereocenters. The fourth-order valence-electron chi connectivity index (χ4n) is 1.90. The van der Waals surface area contributed by atoms with Gasteiger partial charge in [-0.05, 0) is 19.1 Å². The number of aromatic nitrogens is 2. The number of rotatable bonds is 5. The van der Waals surface area contributed by atoms with Gasteiger partial charge in [0, 0.05) is 12.1 Å². The molecule has 0 bridgehead atoms. The van der Waals surface area contributed by atoms with Crippen molar-refractivity contribution in [2.24, 2.45) is 0 Å². The molecule has 1 aromatic carbocycles. The van der Waals surface area contributed by atoms with E-state index in [1.54, 1.807) is 6.92 Å². The number of benzene rings is 1. The standard InChI is InChI=1S/C13H13FN4O3/c1-3-15-13-12(18(19)20)11(16-7-17-13)8-5-4-6-9(21-2)10(8)14/h4-7H,3H2,1-2H3,(H,15,16,17). The van der Waals surface area contributed by atoms with Crippen LogP contribution in [0, 0.1) is 15.9 Å². The first-order chi connectivity index (χ1) is 10.1. The first-order valence-corrected chi connectivity index (χ1v) is 6.16. The molecule has 7 nitrogen and oxygen atoms in total. The van der Waals surface area contributed by atoms with Crippen LogP contribution < -0.4 is 10.1 Å². The van der Waals surface area contributed by atoms with Gasteiger partial charge in [-0.25, -0.2) is 14.4 Å². The topological polar surface area (TPSA) is 90.2 Å².